The first kappa shape index (κ1) is 17.6. The molecule has 3 rings (SSSR count). The van der Waals surface area contributed by atoms with Crippen molar-refractivity contribution in [2.75, 3.05) is 6.54 Å². The van der Waals surface area contributed by atoms with Gasteiger partial charge in [0.05, 0.1) is 11.7 Å². The second kappa shape index (κ2) is 7.33. The van der Waals surface area contributed by atoms with E-state index in [0.29, 0.717) is 0 Å². The lowest BCUT2D eigenvalue weighted by Crippen LogP contribution is -2.43. The van der Waals surface area contributed by atoms with Gasteiger partial charge in [-0.15, -0.1) is 0 Å². The number of aromatic nitrogens is 2. The Kier molecular flexibility index (Phi) is 5.16. The Hall–Kier alpha value is -2.24. The molecule has 1 aliphatic heterocycles. The lowest BCUT2D eigenvalue weighted by atomic mass is 10.0. The molecular formula is C19H28N4O2. The average molecular weight is 344 g/mol. The SMILES string of the molecule is Cc1ccc(CC[C@@H](C)NC(=O)N2CCC[C@H]2c2c(C)n[nH]c2C)o1. The first-order valence-corrected chi connectivity index (χ1v) is 9.09. The number of H-pyrrole nitrogens is 1. The molecule has 1 aliphatic rings. The van der Waals surface area contributed by atoms with Crippen LogP contribution in [0.25, 0.3) is 0 Å². The number of hydrogen-bond donors (Lipinski definition) is 2. The fraction of sp³-hybridized carbons (Fsp3) is 0.579. The van der Waals surface area contributed by atoms with Crippen molar-refractivity contribution in [3.05, 3.63) is 40.6 Å². The van der Waals surface area contributed by atoms with Gasteiger partial charge < -0.3 is 14.6 Å². The van der Waals surface area contributed by atoms with Gasteiger partial charge in [-0.3, -0.25) is 5.10 Å². The Morgan fingerprint density at radius 3 is 2.88 bits per heavy atom. The van der Waals surface area contributed by atoms with E-state index in [4.69, 9.17) is 4.42 Å². The summed E-state index contributed by atoms with van der Waals surface area (Å²) in [7, 11) is 0. The Labute approximate surface area is 149 Å². The summed E-state index contributed by atoms with van der Waals surface area (Å²) in [6.45, 7) is 8.82. The standard InChI is InChI=1S/C19H28N4O2/c1-12(7-9-16-10-8-13(2)25-16)20-19(24)23-11-5-6-17(23)18-14(3)21-22-15(18)4/h8,10,12,17H,5-7,9,11H2,1-4H3,(H,20,24)(H,21,22)/t12-,17+/m1/s1. The third kappa shape index (κ3) is 3.89. The third-order valence-electron chi connectivity index (χ3n) is 5.02. The number of amides is 2. The third-order valence-corrected chi connectivity index (χ3v) is 5.02. The predicted octanol–water partition coefficient (Wildman–Crippen LogP) is 3.80. The lowest BCUT2D eigenvalue weighted by Gasteiger charge is -2.27. The molecule has 1 fully saturated rings. The quantitative estimate of drug-likeness (QED) is 0.866. The van der Waals surface area contributed by atoms with E-state index in [1.54, 1.807) is 0 Å². The van der Waals surface area contributed by atoms with Crippen molar-refractivity contribution < 1.29 is 9.21 Å². The topological polar surface area (TPSA) is 74.2 Å². The number of carbonyl (C=O) groups is 1. The van der Waals surface area contributed by atoms with Crippen LogP contribution >= 0.6 is 0 Å². The number of aromatic amines is 1. The summed E-state index contributed by atoms with van der Waals surface area (Å²) in [5, 5.41) is 10.5. The van der Waals surface area contributed by atoms with E-state index >= 15 is 0 Å². The van der Waals surface area contributed by atoms with E-state index in [9.17, 15) is 4.79 Å². The maximum Gasteiger partial charge on any atom is 0.318 e. The van der Waals surface area contributed by atoms with E-state index in [1.165, 1.54) is 5.56 Å². The molecule has 2 aromatic rings. The highest BCUT2D eigenvalue weighted by Crippen LogP contribution is 2.34. The van der Waals surface area contributed by atoms with Gasteiger partial charge in [0.1, 0.15) is 11.5 Å². The number of aryl methyl sites for hydroxylation is 4. The Morgan fingerprint density at radius 2 is 2.24 bits per heavy atom. The second-order valence-electron chi connectivity index (χ2n) is 7.10. The molecule has 0 aromatic carbocycles. The zero-order valence-corrected chi connectivity index (χ0v) is 15.6. The van der Waals surface area contributed by atoms with Crippen molar-refractivity contribution in [2.24, 2.45) is 0 Å². The summed E-state index contributed by atoms with van der Waals surface area (Å²) in [4.78, 5) is 14.7. The van der Waals surface area contributed by atoms with Crippen LogP contribution in [0.4, 0.5) is 4.79 Å². The molecule has 6 nitrogen and oxygen atoms in total. The van der Waals surface area contributed by atoms with Crippen molar-refractivity contribution in [1.29, 1.82) is 0 Å². The molecule has 2 amide bonds. The van der Waals surface area contributed by atoms with E-state index in [1.807, 2.05) is 44.7 Å². The minimum absolute atomic E-state index is 0.0191. The summed E-state index contributed by atoms with van der Waals surface area (Å²) in [5.41, 5.74) is 3.22. The molecular weight excluding hydrogens is 316 g/mol. The molecule has 0 spiro atoms. The number of urea groups is 1. The van der Waals surface area contributed by atoms with Crippen LogP contribution in [0, 0.1) is 20.8 Å². The van der Waals surface area contributed by atoms with Crippen LogP contribution in [-0.2, 0) is 6.42 Å². The molecule has 0 radical (unpaired) electrons. The van der Waals surface area contributed by atoms with Crippen LogP contribution in [-0.4, -0.2) is 33.7 Å². The molecule has 0 aliphatic carbocycles. The average Bonchev–Trinajstić information content (AvgIpc) is 3.26. The van der Waals surface area contributed by atoms with Gasteiger partial charge in [0.25, 0.3) is 0 Å². The molecule has 136 valence electrons. The van der Waals surface area contributed by atoms with Gasteiger partial charge in [0.2, 0.25) is 0 Å². The van der Waals surface area contributed by atoms with Crippen molar-refractivity contribution in [3.63, 3.8) is 0 Å². The highest BCUT2D eigenvalue weighted by Gasteiger charge is 2.33. The smallest absolute Gasteiger partial charge is 0.318 e. The van der Waals surface area contributed by atoms with Crippen molar-refractivity contribution in [2.45, 2.75) is 65.5 Å². The zero-order valence-electron chi connectivity index (χ0n) is 15.6. The Bertz CT molecular complexity index is 714. The number of furan rings is 1. The van der Waals surface area contributed by atoms with Crippen molar-refractivity contribution in [3.8, 4) is 0 Å². The highest BCUT2D eigenvalue weighted by atomic mass is 16.3. The van der Waals surface area contributed by atoms with Gasteiger partial charge in [-0.1, -0.05) is 0 Å². The van der Waals surface area contributed by atoms with Gasteiger partial charge in [-0.05, 0) is 59.1 Å². The first-order chi connectivity index (χ1) is 12.0. The molecule has 0 unspecified atom stereocenters. The van der Waals surface area contributed by atoms with Crippen LogP contribution in [0.15, 0.2) is 16.5 Å². The minimum atomic E-state index is 0.0191. The second-order valence-corrected chi connectivity index (χ2v) is 7.10. The zero-order chi connectivity index (χ0) is 18.0. The van der Waals surface area contributed by atoms with E-state index in [-0.39, 0.29) is 18.1 Å². The predicted molar refractivity (Wildman–Crippen MR) is 96.5 cm³/mol. The number of rotatable bonds is 5. The number of likely N-dealkylation sites (tertiary alicyclic amines) is 1. The molecule has 3 heterocycles. The molecule has 6 heteroatoms. The summed E-state index contributed by atoms with van der Waals surface area (Å²) in [6.07, 6.45) is 3.72. The maximum absolute atomic E-state index is 12.8. The monoisotopic (exact) mass is 344 g/mol. The summed E-state index contributed by atoms with van der Waals surface area (Å²) in [5.74, 6) is 1.90. The molecule has 2 atom stereocenters. The normalized spacial score (nSPS) is 18.6. The van der Waals surface area contributed by atoms with Gasteiger partial charge >= 0.3 is 6.03 Å². The molecule has 25 heavy (non-hydrogen) atoms. The first-order valence-electron chi connectivity index (χ1n) is 9.09. The summed E-state index contributed by atoms with van der Waals surface area (Å²) < 4.78 is 5.60. The summed E-state index contributed by atoms with van der Waals surface area (Å²) in [6, 6.07) is 4.23. The van der Waals surface area contributed by atoms with E-state index < -0.39 is 0 Å². The number of nitrogens with zero attached hydrogens (tertiary/aromatic N) is 2. The lowest BCUT2D eigenvalue weighted by molar-refractivity contribution is 0.188. The molecule has 0 bridgehead atoms. The number of carbonyl (C=O) groups excluding carboxylic acids is 1. The van der Waals surface area contributed by atoms with Gasteiger partial charge in [0.15, 0.2) is 0 Å². The van der Waals surface area contributed by atoms with Crippen LogP contribution in [0.2, 0.25) is 0 Å². The largest absolute Gasteiger partial charge is 0.466 e. The van der Waals surface area contributed by atoms with Gasteiger partial charge in [-0.25, -0.2) is 4.79 Å². The fourth-order valence-corrected chi connectivity index (χ4v) is 3.70. The number of hydrogen-bond acceptors (Lipinski definition) is 3. The van der Waals surface area contributed by atoms with Crippen molar-refractivity contribution in [1.82, 2.24) is 20.4 Å². The summed E-state index contributed by atoms with van der Waals surface area (Å²) >= 11 is 0. The minimum Gasteiger partial charge on any atom is -0.466 e. The van der Waals surface area contributed by atoms with E-state index in [2.05, 4.69) is 15.5 Å². The molecule has 0 saturated carbocycles. The maximum atomic E-state index is 12.8. The van der Waals surface area contributed by atoms with Gasteiger partial charge in [0, 0.05) is 30.3 Å². The highest BCUT2D eigenvalue weighted by molar-refractivity contribution is 5.75. The Balaban J connectivity index is 1.58. The molecule has 1 saturated heterocycles. The molecule has 2 aromatic heterocycles. The fourth-order valence-electron chi connectivity index (χ4n) is 3.70. The van der Waals surface area contributed by atoms with Crippen LogP contribution in [0.1, 0.15) is 60.7 Å². The van der Waals surface area contributed by atoms with Crippen LogP contribution < -0.4 is 5.32 Å². The molecule has 2 N–H and O–H groups in total. The number of nitrogens with one attached hydrogen (secondary N) is 2. The van der Waals surface area contributed by atoms with Crippen LogP contribution in [0.3, 0.4) is 0 Å². The Morgan fingerprint density at radius 1 is 1.44 bits per heavy atom. The van der Waals surface area contributed by atoms with E-state index in [0.717, 1.165) is 55.1 Å². The van der Waals surface area contributed by atoms with Gasteiger partial charge in [-0.2, -0.15) is 5.10 Å². The van der Waals surface area contributed by atoms with Crippen molar-refractivity contribution >= 4 is 6.03 Å². The van der Waals surface area contributed by atoms with Crippen LogP contribution in [0.5, 0.6) is 0 Å².